The average molecular weight is 243 g/mol. The molecule has 0 aliphatic rings. The lowest BCUT2D eigenvalue weighted by atomic mass is 10.0. The molecule has 0 spiro atoms. The number of hydrazine groups is 1. The van der Waals surface area contributed by atoms with Gasteiger partial charge in [0.15, 0.2) is 0 Å². The SMILES string of the molecule is NNC(=O)CNC(=O)c1cccc2ccccc12. The lowest BCUT2D eigenvalue weighted by Crippen LogP contribution is -2.40. The van der Waals surface area contributed by atoms with Crippen molar-refractivity contribution in [2.45, 2.75) is 0 Å². The average Bonchev–Trinajstić information content (AvgIpc) is 2.43. The Morgan fingerprint density at radius 1 is 1.06 bits per heavy atom. The third kappa shape index (κ3) is 2.46. The highest BCUT2D eigenvalue weighted by Crippen LogP contribution is 2.18. The fourth-order valence-corrected chi connectivity index (χ4v) is 1.73. The molecule has 0 radical (unpaired) electrons. The van der Waals surface area contributed by atoms with Crippen molar-refractivity contribution in [2.24, 2.45) is 5.84 Å². The van der Waals surface area contributed by atoms with Crippen LogP contribution in [0.15, 0.2) is 42.5 Å². The number of fused-ring (bicyclic) bond motifs is 1. The van der Waals surface area contributed by atoms with Gasteiger partial charge in [0.1, 0.15) is 0 Å². The van der Waals surface area contributed by atoms with E-state index in [2.05, 4.69) is 5.32 Å². The summed E-state index contributed by atoms with van der Waals surface area (Å²) in [4.78, 5) is 22.9. The Kier molecular flexibility index (Phi) is 3.54. The van der Waals surface area contributed by atoms with Gasteiger partial charge in [0.25, 0.3) is 11.8 Å². The Morgan fingerprint density at radius 2 is 1.78 bits per heavy atom. The normalized spacial score (nSPS) is 10.1. The number of hydrogen-bond acceptors (Lipinski definition) is 3. The highest BCUT2D eigenvalue weighted by molar-refractivity contribution is 6.07. The van der Waals surface area contributed by atoms with Crippen LogP contribution < -0.4 is 16.6 Å². The fraction of sp³-hybridized carbons (Fsp3) is 0.0769. The van der Waals surface area contributed by atoms with Gasteiger partial charge in [-0.2, -0.15) is 0 Å². The van der Waals surface area contributed by atoms with Gasteiger partial charge < -0.3 is 5.32 Å². The Bertz CT molecular complexity index is 590. The summed E-state index contributed by atoms with van der Waals surface area (Å²) in [6.07, 6.45) is 0. The van der Waals surface area contributed by atoms with Crippen molar-refractivity contribution in [1.29, 1.82) is 0 Å². The zero-order chi connectivity index (χ0) is 13.0. The first kappa shape index (κ1) is 12.1. The van der Waals surface area contributed by atoms with E-state index in [0.29, 0.717) is 5.56 Å². The van der Waals surface area contributed by atoms with Gasteiger partial charge in [-0.3, -0.25) is 15.0 Å². The predicted octanol–water partition coefficient (Wildman–Crippen LogP) is 0.560. The largest absolute Gasteiger partial charge is 0.343 e. The number of rotatable bonds is 3. The van der Waals surface area contributed by atoms with Gasteiger partial charge in [-0.05, 0) is 16.8 Å². The van der Waals surface area contributed by atoms with E-state index in [-0.39, 0.29) is 12.5 Å². The first-order valence-corrected chi connectivity index (χ1v) is 5.48. The molecular formula is C13H13N3O2. The molecule has 5 nitrogen and oxygen atoms in total. The number of benzene rings is 2. The standard InChI is InChI=1S/C13H13N3O2/c14-16-12(17)8-15-13(18)11-7-3-5-9-4-1-2-6-10(9)11/h1-7H,8,14H2,(H,15,18)(H,16,17). The van der Waals surface area contributed by atoms with Crippen LogP contribution in [0, 0.1) is 0 Å². The number of hydrogen-bond donors (Lipinski definition) is 3. The fourth-order valence-electron chi connectivity index (χ4n) is 1.73. The van der Waals surface area contributed by atoms with Crippen molar-refractivity contribution < 1.29 is 9.59 Å². The van der Waals surface area contributed by atoms with Gasteiger partial charge in [0.05, 0.1) is 6.54 Å². The summed E-state index contributed by atoms with van der Waals surface area (Å²) in [6.45, 7) is -0.140. The lowest BCUT2D eigenvalue weighted by Gasteiger charge is -2.07. The second-order valence-electron chi connectivity index (χ2n) is 3.78. The molecular weight excluding hydrogens is 230 g/mol. The Balaban J connectivity index is 2.25. The van der Waals surface area contributed by atoms with Crippen LogP contribution in [-0.4, -0.2) is 18.4 Å². The van der Waals surface area contributed by atoms with Crippen molar-refractivity contribution in [3.63, 3.8) is 0 Å². The van der Waals surface area contributed by atoms with Crippen LogP contribution in [0.1, 0.15) is 10.4 Å². The van der Waals surface area contributed by atoms with Crippen LogP contribution in [0.2, 0.25) is 0 Å². The summed E-state index contributed by atoms with van der Waals surface area (Å²) in [5.74, 6) is 4.20. The molecule has 2 rings (SSSR count). The van der Waals surface area contributed by atoms with Crippen LogP contribution in [0.3, 0.4) is 0 Å². The maximum absolute atomic E-state index is 11.9. The van der Waals surface area contributed by atoms with E-state index in [1.54, 1.807) is 12.1 Å². The van der Waals surface area contributed by atoms with Crippen LogP contribution in [0.25, 0.3) is 10.8 Å². The van der Waals surface area contributed by atoms with Crippen molar-refractivity contribution >= 4 is 22.6 Å². The molecule has 0 aliphatic carbocycles. The van der Waals surface area contributed by atoms with Crippen molar-refractivity contribution in [2.75, 3.05) is 6.54 Å². The first-order valence-electron chi connectivity index (χ1n) is 5.48. The zero-order valence-corrected chi connectivity index (χ0v) is 9.64. The molecule has 0 unspecified atom stereocenters. The van der Waals surface area contributed by atoms with Crippen molar-refractivity contribution in [1.82, 2.24) is 10.7 Å². The van der Waals surface area contributed by atoms with E-state index >= 15 is 0 Å². The zero-order valence-electron chi connectivity index (χ0n) is 9.64. The number of nitrogens with two attached hydrogens (primary N) is 1. The molecule has 0 bridgehead atoms. The molecule has 0 fully saturated rings. The molecule has 2 amide bonds. The maximum Gasteiger partial charge on any atom is 0.253 e. The van der Waals surface area contributed by atoms with E-state index in [4.69, 9.17) is 5.84 Å². The van der Waals surface area contributed by atoms with Crippen LogP contribution in [0.5, 0.6) is 0 Å². The van der Waals surface area contributed by atoms with Gasteiger partial charge in [-0.15, -0.1) is 0 Å². The minimum atomic E-state index is -0.441. The predicted molar refractivity (Wildman–Crippen MR) is 68.6 cm³/mol. The van der Waals surface area contributed by atoms with E-state index in [0.717, 1.165) is 10.8 Å². The monoisotopic (exact) mass is 243 g/mol. The number of amides is 2. The van der Waals surface area contributed by atoms with Crippen LogP contribution >= 0.6 is 0 Å². The molecule has 0 aliphatic heterocycles. The summed E-state index contributed by atoms with van der Waals surface area (Å²) in [6, 6.07) is 13.0. The Hall–Kier alpha value is -2.40. The summed E-state index contributed by atoms with van der Waals surface area (Å²) in [5.41, 5.74) is 2.50. The number of carbonyl (C=O) groups is 2. The van der Waals surface area contributed by atoms with E-state index < -0.39 is 5.91 Å². The quantitative estimate of drug-likeness (QED) is 0.418. The lowest BCUT2D eigenvalue weighted by molar-refractivity contribution is -0.120. The minimum Gasteiger partial charge on any atom is -0.343 e. The molecule has 0 saturated carbocycles. The summed E-state index contributed by atoms with van der Waals surface area (Å²) >= 11 is 0. The minimum absolute atomic E-state index is 0.140. The third-order valence-corrected chi connectivity index (χ3v) is 2.60. The third-order valence-electron chi connectivity index (χ3n) is 2.60. The molecule has 5 heteroatoms. The molecule has 0 heterocycles. The Labute approximate surface area is 104 Å². The van der Waals surface area contributed by atoms with Crippen molar-refractivity contribution in [3.8, 4) is 0 Å². The Morgan fingerprint density at radius 3 is 2.56 bits per heavy atom. The van der Waals surface area contributed by atoms with Gasteiger partial charge in [-0.25, -0.2) is 5.84 Å². The highest BCUT2D eigenvalue weighted by Gasteiger charge is 2.10. The van der Waals surface area contributed by atoms with Gasteiger partial charge >= 0.3 is 0 Å². The van der Waals surface area contributed by atoms with Crippen molar-refractivity contribution in [3.05, 3.63) is 48.0 Å². The van der Waals surface area contributed by atoms with E-state index in [9.17, 15) is 9.59 Å². The highest BCUT2D eigenvalue weighted by atomic mass is 16.2. The maximum atomic E-state index is 11.9. The molecule has 92 valence electrons. The smallest absolute Gasteiger partial charge is 0.253 e. The molecule has 4 N–H and O–H groups in total. The molecule has 2 aromatic carbocycles. The van der Waals surface area contributed by atoms with Gasteiger partial charge in [-0.1, -0.05) is 36.4 Å². The molecule has 18 heavy (non-hydrogen) atoms. The molecule has 2 aromatic rings. The molecule has 0 aromatic heterocycles. The van der Waals surface area contributed by atoms with E-state index in [1.165, 1.54) is 0 Å². The number of carbonyl (C=O) groups excluding carboxylic acids is 2. The number of nitrogens with one attached hydrogen (secondary N) is 2. The van der Waals surface area contributed by atoms with Gasteiger partial charge in [0.2, 0.25) is 0 Å². The van der Waals surface area contributed by atoms with Crippen LogP contribution in [0.4, 0.5) is 0 Å². The molecule has 0 saturated heterocycles. The van der Waals surface area contributed by atoms with E-state index in [1.807, 2.05) is 35.8 Å². The summed E-state index contributed by atoms with van der Waals surface area (Å²) in [7, 11) is 0. The second-order valence-corrected chi connectivity index (χ2v) is 3.78. The second kappa shape index (κ2) is 5.29. The van der Waals surface area contributed by atoms with Crippen LogP contribution in [-0.2, 0) is 4.79 Å². The summed E-state index contributed by atoms with van der Waals surface area (Å²) < 4.78 is 0. The topological polar surface area (TPSA) is 84.2 Å². The molecule has 0 atom stereocenters. The first-order chi connectivity index (χ1) is 8.72. The van der Waals surface area contributed by atoms with Gasteiger partial charge in [0, 0.05) is 5.56 Å². The summed E-state index contributed by atoms with van der Waals surface area (Å²) in [5, 5.41) is 4.34.